The Kier molecular flexibility index (Phi) is 6.03. The van der Waals surface area contributed by atoms with E-state index in [1.807, 2.05) is 0 Å². The highest BCUT2D eigenvalue weighted by Crippen LogP contribution is 2.32. The summed E-state index contributed by atoms with van der Waals surface area (Å²) in [5.41, 5.74) is -4.63. The van der Waals surface area contributed by atoms with E-state index in [1.54, 1.807) is 0 Å². The number of benzene rings is 4. The molecule has 6 rings (SSSR count). The minimum absolute atomic E-state index is 0.0794. The maximum atomic E-state index is 15.7. The summed E-state index contributed by atoms with van der Waals surface area (Å²) in [7, 11) is -3.88. The number of rotatable bonds is 12. The SMILES string of the molecule is [2H]c1c(C)c([2H])c2c(c1[2H])c(=O)c([2H])c(SCc1cccc(F)c1F)n2C([2H])([2H])C(=O)N(Cc1ccc(-c2ccc(C(F)(F)F)cc2)cc1)C1([2H])C([2H])([2H])C([2H])([2H])N(C([2H])([2H])C([2H])([2H])OC([2H])([2H])[2H])C([2H])([2H])C1([2H])[2H]. The zero-order chi connectivity index (χ0) is 57.2. The lowest BCUT2D eigenvalue weighted by Crippen LogP contribution is -2.48. The number of amides is 1. The molecule has 1 aliphatic heterocycles. The van der Waals surface area contributed by atoms with Crippen molar-refractivity contribution in [3.63, 3.8) is 0 Å². The van der Waals surface area contributed by atoms with Crippen molar-refractivity contribution in [2.45, 2.75) is 55.7 Å². The van der Waals surface area contributed by atoms with Crippen molar-refractivity contribution in [3.05, 3.63) is 135 Å². The number of ether oxygens (including phenoxy) is 1. The maximum Gasteiger partial charge on any atom is 0.416 e. The zero-order valence-corrected chi connectivity index (χ0v) is 27.9. The maximum absolute atomic E-state index is 15.7. The Labute approximate surface area is 340 Å². The Bertz CT molecular complexity index is 3110. The molecule has 0 spiro atoms. The molecular weight excluding hydrogens is 710 g/mol. The summed E-state index contributed by atoms with van der Waals surface area (Å²) in [6.45, 7) is -23.0. The number of hydrogen-bond acceptors (Lipinski definition) is 5. The van der Waals surface area contributed by atoms with Gasteiger partial charge in [0.15, 0.2) is 17.1 Å². The predicted octanol–water partition coefficient (Wildman–Crippen LogP) is 8.71. The molecule has 5 aromatic rings. The molecule has 2 heterocycles. The first-order valence-electron chi connectivity index (χ1n) is 26.2. The van der Waals surface area contributed by atoms with Crippen LogP contribution in [0.2, 0.25) is 0 Å². The van der Waals surface area contributed by atoms with Crippen molar-refractivity contribution < 1.29 is 61.6 Å². The van der Waals surface area contributed by atoms with E-state index in [2.05, 4.69) is 4.74 Å². The quantitative estimate of drug-likeness (QED) is 0.0939. The predicted molar refractivity (Wildman–Crippen MR) is 198 cm³/mol. The van der Waals surface area contributed by atoms with E-state index in [0.29, 0.717) is 0 Å². The summed E-state index contributed by atoms with van der Waals surface area (Å²) < 4.78 is 267. The third-order valence-corrected chi connectivity index (χ3v) is 8.54. The first-order valence-corrected chi connectivity index (χ1v) is 16.2. The Balaban J connectivity index is 1.68. The first kappa shape index (κ1) is 19.2. The average Bonchev–Trinajstić information content (AvgIpc) is 3.28. The molecule has 1 fully saturated rings. The molecule has 278 valence electrons. The fraction of sp³-hybridized carbons (Fsp3) is 0.317. The summed E-state index contributed by atoms with van der Waals surface area (Å²) in [6.07, 6.45) is -14.1. The van der Waals surface area contributed by atoms with Gasteiger partial charge in [-0.15, -0.1) is 11.8 Å². The van der Waals surface area contributed by atoms with Gasteiger partial charge in [-0.2, -0.15) is 13.2 Å². The van der Waals surface area contributed by atoms with Crippen molar-refractivity contribution in [2.75, 3.05) is 33.1 Å². The molecular formula is C41H40F5N3O3S. The van der Waals surface area contributed by atoms with Crippen LogP contribution in [0.15, 0.2) is 101 Å². The molecule has 4 aromatic carbocycles. The van der Waals surface area contributed by atoms with Crippen LogP contribution in [0.25, 0.3) is 22.0 Å². The van der Waals surface area contributed by atoms with Crippen molar-refractivity contribution in [1.82, 2.24) is 14.4 Å². The Morgan fingerprint density at radius 2 is 1.75 bits per heavy atom. The highest BCUT2D eigenvalue weighted by molar-refractivity contribution is 7.98. The number of carbonyl (C=O) groups is 1. The van der Waals surface area contributed by atoms with Crippen LogP contribution in [-0.2, 0) is 34.5 Å². The molecule has 0 N–H and O–H groups in total. The van der Waals surface area contributed by atoms with Crippen molar-refractivity contribution in [3.8, 4) is 11.1 Å². The van der Waals surface area contributed by atoms with Gasteiger partial charge in [0.2, 0.25) is 5.91 Å². The molecule has 1 aromatic heterocycles. The van der Waals surface area contributed by atoms with Gasteiger partial charge < -0.3 is 19.1 Å². The number of likely N-dealkylation sites (tertiary alicyclic amines) is 1. The second-order valence-corrected chi connectivity index (χ2v) is 12.0. The van der Waals surface area contributed by atoms with Crippen molar-refractivity contribution >= 4 is 28.6 Å². The van der Waals surface area contributed by atoms with Crippen LogP contribution < -0.4 is 5.43 Å². The number of carbonyl (C=O) groups excluding carboxylic acids is 1. The third-order valence-electron chi connectivity index (χ3n) is 7.53. The van der Waals surface area contributed by atoms with Gasteiger partial charge in [0.05, 0.1) is 39.1 Å². The minimum atomic E-state index is -4.73. The van der Waals surface area contributed by atoms with Crippen LogP contribution in [-0.4, -0.2) is 59.4 Å². The highest BCUT2D eigenvalue weighted by atomic mass is 32.2. The van der Waals surface area contributed by atoms with E-state index >= 15 is 9.18 Å². The molecule has 1 amide bonds. The number of hydrogen-bond donors (Lipinski definition) is 0. The molecule has 1 saturated heterocycles. The van der Waals surface area contributed by atoms with Crippen LogP contribution in [0.1, 0.15) is 65.2 Å². The number of methoxy groups -OCH3 is 1. The second-order valence-electron chi connectivity index (χ2n) is 11.1. The topological polar surface area (TPSA) is 54.8 Å². The monoisotopic (exact) mass is 771 g/mol. The van der Waals surface area contributed by atoms with Gasteiger partial charge in [0, 0.05) is 75.5 Å². The van der Waals surface area contributed by atoms with E-state index in [9.17, 15) is 32.0 Å². The number of piperidine rings is 1. The van der Waals surface area contributed by atoms with Crippen LogP contribution in [0.5, 0.6) is 0 Å². The fourth-order valence-electron chi connectivity index (χ4n) is 4.93. The molecule has 0 atom stereocenters. The van der Waals surface area contributed by atoms with Gasteiger partial charge in [0.25, 0.3) is 0 Å². The van der Waals surface area contributed by atoms with E-state index < -0.39 is 161 Å². The molecule has 12 heteroatoms. The van der Waals surface area contributed by atoms with E-state index in [0.717, 1.165) is 61.5 Å². The number of thioether (sulfide) groups is 1. The number of nitrogens with zero attached hydrogens (tertiary/aromatic N) is 3. The summed E-state index contributed by atoms with van der Waals surface area (Å²) in [6, 6.07) is 2.03. The molecule has 6 nitrogen and oxygen atoms in total. The Morgan fingerprint density at radius 1 is 1.06 bits per heavy atom. The minimum Gasteiger partial charge on any atom is -0.383 e. The lowest BCUT2D eigenvalue weighted by molar-refractivity contribution is -0.137. The zero-order valence-electron chi connectivity index (χ0n) is 49.1. The van der Waals surface area contributed by atoms with Gasteiger partial charge in [-0.3, -0.25) is 9.59 Å². The molecule has 1 aliphatic rings. The van der Waals surface area contributed by atoms with Gasteiger partial charge >= 0.3 is 6.18 Å². The molecule has 53 heavy (non-hydrogen) atoms. The van der Waals surface area contributed by atoms with Gasteiger partial charge in [0.1, 0.15) is 6.50 Å². The second kappa shape index (κ2) is 16.7. The van der Waals surface area contributed by atoms with Crippen LogP contribution in [0.3, 0.4) is 0 Å². The molecule has 0 unspecified atom stereocenters. The standard InChI is InChI=1S/C41H40F5N3O3S/c1-27-6-15-34-36(22-27)49(39(23-37(34)50)53-26-31-4-3-5-35(42)40(31)43)25-38(51)48(33-16-18-47(19-17-33)20-21-52-2)24-28-7-9-29(10-8-28)30-11-13-32(14-12-30)41(44,45)46/h3-15,22-23,33H,16-21,24-26H2,1-2H3/i2D3,6D,15D,16D2,17D2,18D2,19D2,20D2,21D2,22D,23D,25D2,33D. The lowest BCUT2D eigenvalue weighted by Gasteiger charge is -2.39. The van der Waals surface area contributed by atoms with Crippen LogP contribution >= 0.6 is 11.8 Å². The Hall–Kier alpha value is -4.52. The molecule has 0 radical (unpaired) electrons. The van der Waals surface area contributed by atoms with E-state index in [4.69, 9.17) is 20.6 Å². The molecule has 0 saturated carbocycles. The third kappa shape index (κ3) is 9.17. The molecule has 0 aliphatic carbocycles. The number of aromatic nitrogens is 1. The Morgan fingerprint density at radius 3 is 2.43 bits per heavy atom. The normalized spacial score (nSPS) is 25.7. The summed E-state index contributed by atoms with van der Waals surface area (Å²) in [4.78, 5) is 28.2. The number of pyridine rings is 1. The van der Waals surface area contributed by atoms with Crippen molar-refractivity contribution in [2.24, 2.45) is 0 Å². The number of alkyl halides is 3. The highest BCUT2D eigenvalue weighted by Gasteiger charge is 2.31. The first-order chi connectivity index (χ1) is 33.9. The number of fused-ring (bicyclic) bond motifs is 1. The summed E-state index contributed by atoms with van der Waals surface area (Å²) in [5.74, 6) is -6.08. The van der Waals surface area contributed by atoms with E-state index in [1.165, 1.54) is 12.1 Å². The van der Waals surface area contributed by atoms with Gasteiger partial charge in [-0.1, -0.05) is 54.6 Å². The van der Waals surface area contributed by atoms with Crippen LogP contribution in [0, 0.1) is 18.6 Å². The summed E-state index contributed by atoms with van der Waals surface area (Å²) >= 11 is 0.161. The van der Waals surface area contributed by atoms with E-state index in [-0.39, 0.29) is 37.9 Å². The van der Waals surface area contributed by atoms with Crippen LogP contribution in [0.4, 0.5) is 22.0 Å². The van der Waals surface area contributed by atoms with Gasteiger partial charge in [-0.05, 0) is 72.2 Å². The fourth-order valence-corrected chi connectivity index (χ4v) is 5.88. The van der Waals surface area contributed by atoms with Gasteiger partial charge in [-0.25, -0.2) is 8.78 Å². The lowest BCUT2D eigenvalue weighted by atomic mass is 10.00. The summed E-state index contributed by atoms with van der Waals surface area (Å²) in [5, 5.41) is -2.09. The smallest absolute Gasteiger partial charge is 0.383 e. The largest absolute Gasteiger partial charge is 0.416 e. The average molecular weight is 772 g/mol. The number of halogens is 5. The van der Waals surface area contributed by atoms with Crippen molar-refractivity contribution in [1.29, 1.82) is 0 Å². The molecule has 0 bridgehead atoms.